The number of benzene rings is 2. The van der Waals surface area contributed by atoms with Crippen molar-refractivity contribution in [2.24, 2.45) is 0 Å². The van der Waals surface area contributed by atoms with E-state index in [1.807, 2.05) is 12.1 Å². The fourth-order valence-electron chi connectivity index (χ4n) is 2.31. The lowest BCUT2D eigenvalue weighted by atomic mass is 10.2. The van der Waals surface area contributed by atoms with Crippen molar-refractivity contribution in [1.82, 2.24) is 4.31 Å². The molecule has 2 aromatic rings. The van der Waals surface area contributed by atoms with Crippen molar-refractivity contribution in [1.29, 1.82) is 0 Å². The van der Waals surface area contributed by atoms with Crippen LogP contribution in [0.4, 0.5) is 5.69 Å². The van der Waals surface area contributed by atoms with Crippen LogP contribution in [0.1, 0.15) is 24.2 Å². The van der Waals surface area contributed by atoms with Gasteiger partial charge in [0.1, 0.15) is 0 Å². The molecule has 0 saturated heterocycles. The molecule has 2 aromatic carbocycles. The van der Waals surface area contributed by atoms with Crippen molar-refractivity contribution >= 4 is 55.8 Å². The molecule has 25 heavy (non-hydrogen) atoms. The number of carbonyl (C=O) groups excluding carboxylic acids is 1. The van der Waals surface area contributed by atoms with E-state index in [0.717, 1.165) is 3.57 Å². The van der Waals surface area contributed by atoms with Gasteiger partial charge in [0.05, 0.1) is 21.2 Å². The van der Waals surface area contributed by atoms with Gasteiger partial charge in [0.25, 0.3) is 5.91 Å². The highest BCUT2D eigenvalue weighted by atomic mass is 127. The van der Waals surface area contributed by atoms with Gasteiger partial charge in [-0.15, -0.1) is 0 Å². The Labute approximate surface area is 166 Å². The summed E-state index contributed by atoms with van der Waals surface area (Å²) in [6.45, 7) is 4.28. The number of hydrogen-bond donors (Lipinski definition) is 1. The quantitative estimate of drug-likeness (QED) is 0.614. The normalized spacial score (nSPS) is 11.6. The van der Waals surface area contributed by atoms with Gasteiger partial charge in [-0.05, 0) is 52.9 Å². The molecule has 0 heterocycles. The van der Waals surface area contributed by atoms with Crippen LogP contribution in [0.2, 0.25) is 5.02 Å². The van der Waals surface area contributed by atoms with Gasteiger partial charge in [-0.3, -0.25) is 4.79 Å². The van der Waals surface area contributed by atoms with E-state index in [4.69, 9.17) is 11.6 Å². The molecule has 0 aliphatic heterocycles. The second kappa shape index (κ2) is 8.48. The molecule has 0 aliphatic carbocycles. The second-order valence-electron chi connectivity index (χ2n) is 5.16. The molecule has 0 aliphatic rings. The summed E-state index contributed by atoms with van der Waals surface area (Å²) in [4.78, 5) is 12.6. The second-order valence-corrected chi connectivity index (χ2v) is 8.67. The topological polar surface area (TPSA) is 66.5 Å². The van der Waals surface area contributed by atoms with Gasteiger partial charge in [-0.25, -0.2) is 8.42 Å². The lowest BCUT2D eigenvalue weighted by Gasteiger charge is -2.19. The Morgan fingerprint density at radius 3 is 2.40 bits per heavy atom. The molecule has 8 heteroatoms. The van der Waals surface area contributed by atoms with Crippen LogP contribution in [-0.2, 0) is 10.0 Å². The van der Waals surface area contributed by atoms with Gasteiger partial charge >= 0.3 is 0 Å². The van der Waals surface area contributed by atoms with Crippen LogP contribution in [-0.4, -0.2) is 31.7 Å². The third-order valence-corrected chi connectivity index (χ3v) is 6.96. The minimum atomic E-state index is -3.63. The Bertz CT molecular complexity index is 883. The van der Waals surface area contributed by atoms with Crippen molar-refractivity contribution < 1.29 is 13.2 Å². The number of anilines is 1. The van der Waals surface area contributed by atoms with Crippen molar-refractivity contribution in [2.45, 2.75) is 18.7 Å². The van der Waals surface area contributed by atoms with Gasteiger partial charge < -0.3 is 5.32 Å². The summed E-state index contributed by atoms with van der Waals surface area (Å²) in [5.41, 5.74) is 0.760. The maximum atomic E-state index is 12.6. The van der Waals surface area contributed by atoms with Crippen molar-refractivity contribution in [3.8, 4) is 0 Å². The molecule has 0 aromatic heterocycles. The van der Waals surface area contributed by atoms with Crippen LogP contribution in [0.5, 0.6) is 0 Å². The van der Waals surface area contributed by atoms with E-state index in [1.165, 1.54) is 22.5 Å². The zero-order chi connectivity index (χ0) is 18.6. The van der Waals surface area contributed by atoms with Crippen LogP contribution >= 0.6 is 34.2 Å². The SMILES string of the molecule is CCN(CC)S(=O)(=O)c1ccc(Cl)c(NC(=O)c2ccccc2I)c1. The lowest BCUT2D eigenvalue weighted by Crippen LogP contribution is -2.30. The number of sulfonamides is 1. The first-order chi connectivity index (χ1) is 11.8. The Kier molecular flexibility index (Phi) is 6.84. The Morgan fingerprint density at radius 2 is 1.80 bits per heavy atom. The molecule has 0 radical (unpaired) electrons. The Hall–Kier alpha value is -1.16. The molecule has 1 amide bonds. The maximum Gasteiger partial charge on any atom is 0.256 e. The van der Waals surface area contributed by atoms with Crippen LogP contribution < -0.4 is 5.32 Å². The van der Waals surface area contributed by atoms with Gasteiger partial charge in [0.2, 0.25) is 10.0 Å². The number of amides is 1. The molecule has 0 fully saturated rings. The van der Waals surface area contributed by atoms with Crippen LogP contribution in [0, 0.1) is 3.57 Å². The Morgan fingerprint density at radius 1 is 1.16 bits per heavy atom. The molecule has 0 atom stereocenters. The van der Waals surface area contributed by atoms with Gasteiger partial charge in [-0.1, -0.05) is 37.6 Å². The molecule has 5 nitrogen and oxygen atoms in total. The van der Waals surface area contributed by atoms with Crippen molar-refractivity contribution in [2.75, 3.05) is 18.4 Å². The summed E-state index contributed by atoms with van der Waals surface area (Å²) in [6, 6.07) is 11.4. The van der Waals surface area contributed by atoms with Crippen LogP contribution in [0.15, 0.2) is 47.4 Å². The molecule has 0 bridgehead atoms. The summed E-state index contributed by atoms with van der Waals surface area (Å²) >= 11 is 8.21. The molecule has 0 saturated carbocycles. The average molecular weight is 493 g/mol. The highest BCUT2D eigenvalue weighted by Crippen LogP contribution is 2.27. The highest BCUT2D eigenvalue weighted by molar-refractivity contribution is 14.1. The molecule has 0 unspecified atom stereocenters. The number of rotatable bonds is 6. The van der Waals surface area contributed by atoms with E-state index < -0.39 is 10.0 Å². The van der Waals surface area contributed by atoms with Crippen LogP contribution in [0.25, 0.3) is 0 Å². The number of nitrogens with one attached hydrogen (secondary N) is 1. The fourth-order valence-corrected chi connectivity index (χ4v) is 4.59. The summed E-state index contributed by atoms with van der Waals surface area (Å²) in [7, 11) is -3.63. The standard InChI is InChI=1S/C17H18ClIN2O3S/c1-3-21(4-2)25(23,24)12-9-10-14(18)16(11-12)20-17(22)13-7-5-6-8-15(13)19/h5-11H,3-4H2,1-2H3,(H,20,22). The molecule has 134 valence electrons. The minimum Gasteiger partial charge on any atom is -0.321 e. The van der Waals surface area contributed by atoms with Gasteiger partial charge in [0.15, 0.2) is 0 Å². The van der Waals surface area contributed by atoms with Crippen molar-refractivity contribution in [3.63, 3.8) is 0 Å². The summed E-state index contributed by atoms with van der Waals surface area (Å²) in [6.07, 6.45) is 0. The third kappa shape index (κ3) is 4.52. The van der Waals surface area contributed by atoms with E-state index >= 15 is 0 Å². The first-order valence-corrected chi connectivity index (χ1v) is 10.6. The summed E-state index contributed by atoms with van der Waals surface area (Å²) in [5, 5.41) is 2.97. The predicted molar refractivity (Wildman–Crippen MR) is 109 cm³/mol. The predicted octanol–water partition coefficient (Wildman–Crippen LogP) is 4.23. The number of nitrogens with zero attached hydrogens (tertiary/aromatic N) is 1. The average Bonchev–Trinajstić information content (AvgIpc) is 2.57. The summed E-state index contributed by atoms with van der Waals surface area (Å²) < 4.78 is 27.4. The van der Waals surface area contributed by atoms with E-state index in [9.17, 15) is 13.2 Å². The highest BCUT2D eigenvalue weighted by Gasteiger charge is 2.23. The molecule has 1 N–H and O–H groups in total. The van der Waals surface area contributed by atoms with E-state index in [2.05, 4.69) is 27.9 Å². The Balaban J connectivity index is 2.37. The van der Waals surface area contributed by atoms with Gasteiger partial charge in [0, 0.05) is 16.7 Å². The lowest BCUT2D eigenvalue weighted by molar-refractivity contribution is 0.102. The molecular formula is C17H18ClIN2O3S. The third-order valence-electron chi connectivity index (χ3n) is 3.65. The van der Waals surface area contributed by atoms with Crippen LogP contribution in [0.3, 0.4) is 0 Å². The smallest absolute Gasteiger partial charge is 0.256 e. The number of halogens is 2. The van der Waals surface area contributed by atoms with E-state index in [-0.39, 0.29) is 21.5 Å². The summed E-state index contributed by atoms with van der Waals surface area (Å²) in [5.74, 6) is -0.343. The molecular weight excluding hydrogens is 475 g/mol. The number of carbonyl (C=O) groups is 1. The van der Waals surface area contributed by atoms with E-state index in [1.54, 1.807) is 26.0 Å². The van der Waals surface area contributed by atoms with E-state index in [0.29, 0.717) is 18.7 Å². The first-order valence-electron chi connectivity index (χ1n) is 7.66. The minimum absolute atomic E-state index is 0.0960. The zero-order valence-electron chi connectivity index (χ0n) is 13.8. The zero-order valence-corrected chi connectivity index (χ0v) is 17.5. The molecule has 2 rings (SSSR count). The van der Waals surface area contributed by atoms with Crippen molar-refractivity contribution in [3.05, 3.63) is 56.6 Å². The first kappa shape index (κ1) is 20.2. The maximum absolute atomic E-state index is 12.6. The monoisotopic (exact) mass is 492 g/mol. The molecule has 0 spiro atoms. The fraction of sp³-hybridized carbons (Fsp3) is 0.235. The number of hydrogen-bond acceptors (Lipinski definition) is 3. The van der Waals surface area contributed by atoms with Gasteiger partial charge in [-0.2, -0.15) is 4.31 Å². The largest absolute Gasteiger partial charge is 0.321 e.